The molecular formula is C18H17N5. The van der Waals surface area contributed by atoms with Crippen LogP contribution in [-0.4, -0.2) is 19.5 Å². The predicted molar refractivity (Wildman–Crippen MR) is 87.6 cm³/mol. The van der Waals surface area contributed by atoms with E-state index in [4.69, 9.17) is 5.26 Å². The maximum Gasteiger partial charge on any atom is 0.140 e. The van der Waals surface area contributed by atoms with Crippen molar-refractivity contribution in [3.63, 3.8) is 0 Å². The highest BCUT2D eigenvalue weighted by molar-refractivity contribution is 5.58. The summed E-state index contributed by atoms with van der Waals surface area (Å²) in [5, 5.41) is 9.07. The van der Waals surface area contributed by atoms with Gasteiger partial charge >= 0.3 is 0 Å². The van der Waals surface area contributed by atoms with Crippen LogP contribution in [0.3, 0.4) is 0 Å². The molecule has 0 fully saturated rings. The molecule has 5 heteroatoms. The molecule has 0 aliphatic rings. The molecule has 114 valence electrons. The molecule has 0 spiro atoms. The molecule has 0 aliphatic carbocycles. The van der Waals surface area contributed by atoms with E-state index >= 15 is 0 Å². The van der Waals surface area contributed by atoms with Crippen molar-refractivity contribution >= 4 is 0 Å². The number of hydrogen-bond acceptors (Lipinski definition) is 4. The van der Waals surface area contributed by atoms with Crippen LogP contribution in [0.4, 0.5) is 0 Å². The van der Waals surface area contributed by atoms with Gasteiger partial charge in [-0.2, -0.15) is 5.26 Å². The maximum atomic E-state index is 9.07. The van der Waals surface area contributed by atoms with Gasteiger partial charge in [-0.05, 0) is 31.0 Å². The standard InChI is InChI=1S/C18H17N5/c1-3-16-13(2)21-12-22-17(16)11-23-8-7-20-18(23)15-6-4-5-14(9-15)10-19/h4-9,12H,3,11H2,1-2H3. The van der Waals surface area contributed by atoms with Crippen LogP contribution in [0.1, 0.15) is 29.4 Å². The predicted octanol–water partition coefficient (Wildman–Crippen LogP) is 3.13. The minimum absolute atomic E-state index is 0.629. The van der Waals surface area contributed by atoms with Gasteiger partial charge in [-0.3, -0.25) is 0 Å². The Bertz CT molecular complexity index is 873. The van der Waals surface area contributed by atoms with Gasteiger partial charge in [-0.1, -0.05) is 19.1 Å². The molecule has 0 aliphatic heterocycles. The van der Waals surface area contributed by atoms with Gasteiger partial charge in [0.15, 0.2) is 0 Å². The zero-order valence-electron chi connectivity index (χ0n) is 13.2. The number of nitrogens with zero attached hydrogens (tertiary/aromatic N) is 5. The van der Waals surface area contributed by atoms with Gasteiger partial charge in [-0.25, -0.2) is 15.0 Å². The Hall–Kier alpha value is -3.00. The molecule has 0 amide bonds. The van der Waals surface area contributed by atoms with Crippen LogP contribution in [0.15, 0.2) is 43.0 Å². The van der Waals surface area contributed by atoms with E-state index in [2.05, 4.69) is 32.5 Å². The third kappa shape index (κ3) is 2.97. The van der Waals surface area contributed by atoms with Gasteiger partial charge in [0, 0.05) is 23.7 Å². The topological polar surface area (TPSA) is 67.4 Å². The van der Waals surface area contributed by atoms with Crippen LogP contribution in [0.2, 0.25) is 0 Å². The molecule has 2 aromatic heterocycles. The molecule has 0 saturated carbocycles. The van der Waals surface area contributed by atoms with Crippen molar-refractivity contribution in [2.45, 2.75) is 26.8 Å². The second kappa shape index (κ2) is 6.41. The molecule has 23 heavy (non-hydrogen) atoms. The van der Waals surface area contributed by atoms with Crippen LogP contribution in [0.5, 0.6) is 0 Å². The number of imidazole rings is 1. The zero-order valence-corrected chi connectivity index (χ0v) is 13.2. The molecule has 3 rings (SSSR count). The Morgan fingerprint density at radius 3 is 2.87 bits per heavy atom. The number of rotatable bonds is 4. The summed E-state index contributed by atoms with van der Waals surface area (Å²) in [6.07, 6.45) is 6.21. The molecule has 0 N–H and O–H groups in total. The average molecular weight is 303 g/mol. The number of benzene rings is 1. The van der Waals surface area contributed by atoms with Crippen LogP contribution >= 0.6 is 0 Å². The lowest BCUT2D eigenvalue weighted by molar-refractivity contribution is 0.756. The minimum Gasteiger partial charge on any atom is -0.325 e. The van der Waals surface area contributed by atoms with Crippen LogP contribution in [0.25, 0.3) is 11.4 Å². The Balaban J connectivity index is 1.99. The number of nitriles is 1. The van der Waals surface area contributed by atoms with Crippen molar-refractivity contribution in [3.05, 3.63) is 65.5 Å². The fourth-order valence-corrected chi connectivity index (χ4v) is 2.73. The molecule has 0 unspecified atom stereocenters. The van der Waals surface area contributed by atoms with Gasteiger partial charge in [-0.15, -0.1) is 0 Å². The Labute approximate surface area is 135 Å². The van der Waals surface area contributed by atoms with Crippen LogP contribution in [0, 0.1) is 18.3 Å². The van der Waals surface area contributed by atoms with E-state index < -0.39 is 0 Å². The van der Waals surface area contributed by atoms with E-state index in [-0.39, 0.29) is 0 Å². The van der Waals surface area contributed by atoms with Crippen LogP contribution in [-0.2, 0) is 13.0 Å². The lowest BCUT2D eigenvalue weighted by Gasteiger charge is -2.12. The van der Waals surface area contributed by atoms with Crippen molar-refractivity contribution in [2.75, 3.05) is 0 Å². The first-order chi connectivity index (χ1) is 11.2. The molecular weight excluding hydrogens is 286 g/mol. The van der Waals surface area contributed by atoms with Gasteiger partial charge in [0.2, 0.25) is 0 Å². The first kappa shape index (κ1) is 14.9. The highest BCUT2D eigenvalue weighted by Gasteiger charge is 2.11. The highest BCUT2D eigenvalue weighted by atomic mass is 15.1. The van der Waals surface area contributed by atoms with Crippen LogP contribution < -0.4 is 0 Å². The first-order valence-electron chi connectivity index (χ1n) is 7.54. The van der Waals surface area contributed by atoms with E-state index in [1.54, 1.807) is 18.6 Å². The third-order valence-corrected chi connectivity index (χ3v) is 3.89. The van der Waals surface area contributed by atoms with Crippen molar-refractivity contribution in [1.82, 2.24) is 19.5 Å². The molecule has 0 saturated heterocycles. The lowest BCUT2D eigenvalue weighted by Crippen LogP contribution is -2.08. The number of aromatic nitrogens is 4. The molecule has 3 aromatic rings. The lowest BCUT2D eigenvalue weighted by atomic mass is 10.1. The van der Waals surface area contributed by atoms with E-state index in [1.807, 2.05) is 31.3 Å². The molecule has 2 heterocycles. The number of hydrogen-bond donors (Lipinski definition) is 0. The Morgan fingerprint density at radius 1 is 1.22 bits per heavy atom. The summed E-state index contributed by atoms with van der Waals surface area (Å²) < 4.78 is 2.05. The van der Waals surface area contributed by atoms with Gasteiger partial charge in [0.25, 0.3) is 0 Å². The second-order valence-corrected chi connectivity index (χ2v) is 5.31. The zero-order chi connectivity index (χ0) is 16.2. The quantitative estimate of drug-likeness (QED) is 0.742. The smallest absolute Gasteiger partial charge is 0.140 e. The summed E-state index contributed by atoms with van der Waals surface area (Å²) in [6, 6.07) is 9.65. The van der Waals surface area contributed by atoms with Crippen molar-refractivity contribution < 1.29 is 0 Å². The first-order valence-corrected chi connectivity index (χ1v) is 7.54. The summed E-state index contributed by atoms with van der Waals surface area (Å²) in [4.78, 5) is 13.2. The average Bonchev–Trinajstić information content (AvgIpc) is 3.03. The summed E-state index contributed by atoms with van der Waals surface area (Å²) in [5.41, 5.74) is 4.77. The van der Waals surface area contributed by atoms with Gasteiger partial charge in [0.1, 0.15) is 12.2 Å². The normalized spacial score (nSPS) is 10.5. The van der Waals surface area contributed by atoms with Gasteiger partial charge in [0.05, 0.1) is 23.9 Å². The highest BCUT2D eigenvalue weighted by Crippen LogP contribution is 2.20. The monoisotopic (exact) mass is 303 g/mol. The summed E-state index contributed by atoms with van der Waals surface area (Å²) in [5.74, 6) is 0.834. The number of aryl methyl sites for hydroxylation is 1. The minimum atomic E-state index is 0.629. The van der Waals surface area contributed by atoms with E-state index in [1.165, 1.54) is 5.56 Å². The second-order valence-electron chi connectivity index (χ2n) is 5.31. The van der Waals surface area contributed by atoms with E-state index in [9.17, 15) is 0 Å². The van der Waals surface area contributed by atoms with Gasteiger partial charge < -0.3 is 4.57 Å². The Kier molecular flexibility index (Phi) is 4.15. The fraction of sp³-hybridized carbons (Fsp3) is 0.222. The SMILES string of the molecule is CCc1c(C)ncnc1Cn1ccnc1-c1cccc(C#N)c1. The maximum absolute atomic E-state index is 9.07. The van der Waals surface area contributed by atoms with Crippen molar-refractivity contribution in [3.8, 4) is 17.5 Å². The largest absolute Gasteiger partial charge is 0.325 e. The van der Waals surface area contributed by atoms with Crippen molar-refractivity contribution in [1.29, 1.82) is 5.26 Å². The third-order valence-electron chi connectivity index (χ3n) is 3.89. The molecule has 0 radical (unpaired) electrons. The Morgan fingerprint density at radius 2 is 2.09 bits per heavy atom. The molecule has 5 nitrogen and oxygen atoms in total. The molecule has 0 atom stereocenters. The van der Waals surface area contributed by atoms with Crippen molar-refractivity contribution in [2.24, 2.45) is 0 Å². The summed E-state index contributed by atoms with van der Waals surface area (Å²) in [7, 11) is 0. The molecule has 0 bridgehead atoms. The molecule has 1 aromatic carbocycles. The van der Waals surface area contributed by atoms with E-state index in [0.717, 1.165) is 29.2 Å². The summed E-state index contributed by atoms with van der Waals surface area (Å²) in [6.45, 7) is 4.76. The van der Waals surface area contributed by atoms with E-state index in [0.29, 0.717) is 12.1 Å². The fourth-order valence-electron chi connectivity index (χ4n) is 2.73. The summed E-state index contributed by atoms with van der Waals surface area (Å²) >= 11 is 0.